The Bertz CT molecular complexity index is 691. The van der Waals surface area contributed by atoms with E-state index in [1.807, 2.05) is 0 Å². The second-order valence-corrected chi connectivity index (χ2v) is 5.89. The SMILES string of the molecule is NCCCNc1cccc2c1C(O)N(C1CCC(=O)NC1=O)C2=O. The summed E-state index contributed by atoms with van der Waals surface area (Å²) in [7, 11) is 0. The Morgan fingerprint density at radius 3 is 2.83 bits per heavy atom. The lowest BCUT2D eigenvalue weighted by molar-refractivity contribution is -0.139. The summed E-state index contributed by atoms with van der Waals surface area (Å²) in [5, 5.41) is 16.0. The van der Waals surface area contributed by atoms with Gasteiger partial charge in [-0.05, 0) is 31.5 Å². The van der Waals surface area contributed by atoms with Gasteiger partial charge in [-0.25, -0.2) is 0 Å². The highest BCUT2D eigenvalue weighted by atomic mass is 16.3. The molecule has 1 fully saturated rings. The minimum atomic E-state index is -1.22. The predicted molar refractivity (Wildman–Crippen MR) is 85.9 cm³/mol. The fraction of sp³-hybridized carbons (Fsp3) is 0.438. The van der Waals surface area contributed by atoms with Crippen molar-refractivity contribution >= 4 is 23.4 Å². The minimum absolute atomic E-state index is 0.144. The highest BCUT2D eigenvalue weighted by molar-refractivity contribution is 6.06. The molecule has 0 aromatic heterocycles. The van der Waals surface area contributed by atoms with Crippen LogP contribution in [-0.4, -0.2) is 46.9 Å². The van der Waals surface area contributed by atoms with E-state index in [9.17, 15) is 19.5 Å². The molecule has 0 bridgehead atoms. The summed E-state index contributed by atoms with van der Waals surface area (Å²) >= 11 is 0. The van der Waals surface area contributed by atoms with Crippen LogP contribution in [0, 0.1) is 0 Å². The van der Waals surface area contributed by atoms with Crippen LogP contribution < -0.4 is 16.4 Å². The predicted octanol–water partition coefficient (Wildman–Crippen LogP) is -0.301. The van der Waals surface area contributed by atoms with E-state index in [2.05, 4.69) is 10.6 Å². The number of aliphatic hydroxyl groups is 1. The van der Waals surface area contributed by atoms with E-state index in [1.165, 1.54) is 0 Å². The van der Waals surface area contributed by atoms with Crippen LogP contribution in [0.1, 0.15) is 41.4 Å². The van der Waals surface area contributed by atoms with Crippen LogP contribution in [0.4, 0.5) is 5.69 Å². The van der Waals surface area contributed by atoms with E-state index >= 15 is 0 Å². The van der Waals surface area contributed by atoms with Gasteiger partial charge in [-0.15, -0.1) is 0 Å². The maximum absolute atomic E-state index is 12.7. The van der Waals surface area contributed by atoms with Crippen LogP contribution in [0.15, 0.2) is 18.2 Å². The van der Waals surface area contributed by atoms with Gasteiger partial charge >= 0.3 is 0 Å². The van der Waals surface area contributed by atoms with Gasteiger partial charge in [-0.3, -0.25) is 24.6 Å². The van der Waals surface area contributed by atoms with Crippen molar-refractivity contribution in [1.29, 1.82) is 0 Å². The molecule has 128 valence electrons. The van der Waals surface area contributed by atoms with Crippen LogP contribution in [0.25, 0.3) is 0 Å². The number of hydrogen-bond donors (Lipinski definition) is 4. The zero-order valence-electron chi connectivity index (χ0n) is 13.1. The number of amides is 3. The molecule has 0 aliphatic carbocycles. The molecule has 2 aliphatic rings. The van der Waals surface area contributed by atoms with Crippen molar-refractivity contribution in [2.75, 3.05) is 18.4 Å². The average molecular weight is 332 g/mol. The van der Waals surface area contributed by atoms with Crippen LogP contribution in [0.3, 0.4) is 0 Å². The number of rotatable bonds is 5. The molecule has 3 amide bonds. The minimum Gasteiger partial charge on any atom is -0.385 e. The third kappa shape index (κ3) is 2.74. The van der Waals surface area contributed by atoms with Gasteiger partial charge in [0.05, 0.1) is 0 Å². The van der Waals surface area contributed by atoms with Crippen molar-refractivity contribution in [2.45, 2.75) is 31.5 Å². The lowest BCUT2D eigenvalue weighted by atomic mass is 10.0. The monoisotopic (exact) mass is 332 g/mol. The average Bonchev–Trinajstić information content (AvgIpc) is 2.81. The molecule has 0 spiro atoms. The number of carbonyl (C=O) groups excluding carboxylic acids is 3. The van der Waals surface area contributed by atoms with E-state index in [1.54, 1.807) is 18.2 Å². The first kappa shape index (κ1) is 16.4. The van der Waals surface area contributed by atoms with Crippen molar-refractivity contribution in [3.05, 3.63) is 29.3 Å². The Balaban J connectivity index is 1.88. The first-order chi connectivity index (χ1) is 11.5. The summed E-state index contributed by atoms with van der Waals surface area (Å²) in [6, 6.07) is 4.28. The maximum Gasteiger partial charge on any atom is 0.257 e. The molecule has 8 nitrogen and oxygen atoms in total. The number of benzene rings is 1. The van der Waals surface area contributed by atoms with Gasteiger partial charge in [-0.2, -0.15) is 0 Å². The van der Waals surface area contributed by atoms with Gasteiger partial charge in [0.15, 0.2) is 6.23 Å². The second kappa shape index (κ2) is 6.58. The van der Waals surface area contributed by atoms with Crippen molar-refractivity contribution in [3.8, 4) is 0 Å². The highest BCUT2D eigenvalue weighted by Gasteiger charge is 2.45. The van der Waals surface area contributed by atoms with Crippen molar-refractivity contribution in [3.63, 3.8) is 0 Å². The van der Waals surface area contributed by atoms with Gasteiger partial charge in [-0.1, -0.05) is 6.07 Å². The summed E-state index contributed by atoms with van der Waals surface area (Å²) in [5.74, 6) is -1.32. The molecule has 1 aromatic rings. The third-order valence-electron chi connectivity index (χ3n) is 4.33. The quantitative estimate of drug-likeness (QED) is 0.433. The van der Waals surface area contributed by atoms with Crippen molar-refractivity contribution in [2.24, 2.45) is 5.73 Å². The molecule has 1 saturated heterocycles. The summed E-state index contributed by atoms with van der Waals surface area (Å²) in [6.45, 7) is 1.15. The zero-order chi connectivity index (χ0) is 17.3. The van der Waals surface area contributed by atoms with E-state index in [0.717, 1.165) is 11.3 Å². The molecule has 0 saturated carbocycles. The van der Waals surface area contributed by atoms with Gasteiger partial charge in [0, 0.05) is 29.8 Å². The number of hydrogen-bond acceptors (Lipinski definition) is 6. The molecule has 24 heavy (non-hydrogen) atoms. The van der Waals surface area contributed by atoms with Crippen LogP contribution in [0.2, 0.25) is 0 Å². The molecular formula is C16H20N4O4. The molecule has 8 heteroatoms. The fourth-order valence-electron chi connectivity index (χ4n) is 3.16. The molecule has 2 aliphatic heterocycles. The molecule has 2 heterocycles. The van der Waals surface area contributed by atoms with E-state index in [-0.39, 0.29) is 18.7 Å². The largest absolute Gasteiger partial charge is 0.385 e. The number of nitrogens with one attached hydrogen (secondary N) is 2. The molecule has 2 unspecified atom stereocenters. The summed E-state index contributed by atoms with van der Waals surface area (Å²) < 4.78 is 0. The Labute approximate surface area is 139 Å². The standard InChI is InChI=1S/C16H20N4O4/c17-7-2-8-18-10-4-1-3-9-13(10)16(24)20(15(9)23)11-5-6-12(21)19-14(11)22/h1,3-4,11,16,18,24H,2,5-8,17H2,(H,19,21,22). The molecule has 3 rings (SSSR count). The fourth-order valence-corrected chi connectivity index (χ4v) is 3.16. The number of aliphatic hydroxyl groups excluding tert-OH is 1. The van der Waals surface area contributed by atoms with E-state index < -0.39 is 24.1 Å². The first-order valence-corrected chi connectivity index (χ1v) is 7.96. The number of fused-ring (bicyclic) bond motifs is 1. The van der Waals surface area contributed by atoms with Crippen LogP contribution in [0.5, 0.6) is 0 Å². The van der Waals surface area contributed by atoms with E-state index in [4.69, 9.17) is 5.73 Å². The highest BCUT2D eigenvalue weighted by Crippen LogP contribution is 2.39. The number of imide groups is 1. The summed E-state index contributed by atoms with van der Waals surface area (Å²) in [4.78, 5) is 37.2. The summed E-state index contributed by atoms with van der Waals surface area (Å²) in [5.41, 5.74) is 6.95. The third-order valence-corrected chi connectivity index (χ3v) is 4.33. The van der Waals surface area contributed by atoms with Crippen molar-refractivity contribution < 1.29 is 19.5 Å². The lowest BCUT2D eigenvalue weighted by Gasteiger charge is -2.32. The number of piperidine rings is 1. The topological polar surface area (TPSA) is 125 Å². The van der Waals surface area contributed by atoms with E-state index in [0.29, 0.717) is 29.9 Å². The number of nitrogens with two attached hydrogens (primary N) is 1. The van der Waals surface area contributed by atoms with Gasteiger partial charge in [0.25, 0.3) is 5.91 Å². The Hall–Kier alpha value is -2.45. The molecular weight excluding hydrogens is 312 g/mol. The number of anilines is 1. The van der Waals surface area contributed by atoms with Gasteiger partial charge in [0.2, 0.25) is 11.8 Å². The van der Waals surface area contributed by atoms with Crippen LogP contribution >= 0.6 is 0 Å². The zero-order valence-corrected chi connectivity index (χ0v) is 13.1. The molecule has 0 radical (unpaired) electrons. The smallest absolute Gasteiger partial charge is 0.257 e. The van der Waals surface area contributed by atoms with Crippen LogP contribution in [-0.2, 0) is 9.59 Å². The Kier molecular flexibility index (Phi) is 4.50. The number of carbonyl (C=O) groups is 3. The second-order valence-electron chi connectivity index (χ2n) is 5.89. The number of nitrogens with zero attached hydrogens (tertiary/aromatic N) is 1. The maximum atomic E-state index is 12.7. The first-order valence-electron chi connectivity index (χ1n) is 7.96. The normalized spacial score (nSPS) is 23.2. The van der Waals surface area contributed by atoms with Crippen molar-refractivity contribution in [1.82, 2.24) is 10.2 Å². The lowest BCUT2D eigenvalue weighted by Crippen LogP contribution is -2.53. The van der Waals surface area contributed by atoms with Gasteiger partial charge in [0.1, 0.15) is 6.04 Å². The molecule has 1 aromatic carbocycles. The van der Waals surface area contributed by atoms with Gasteiger partial charge < -0.3 is 16.2 Å². The Morgan fingerprint density at radius 1 is 1.33 bits per heavy atom. The Morgan fingerprint density at radius 2 is 2.12 bits per heavy atom. The molecule has 2 atom stereocenters. The summed E-state index contributed by atoms with van der Waals surface area (Å²) in [6.07, 6.45) is -0.120. The molecule has 5 N–H and O–H groups in total.